The van der Waals surface area contributed by atoms with Crippen molar-refractivity contribution in [3.05, 3.63) is 0 Å². The second kappa shape index (κ2) is 8.16. The van der Waals surface area contributed by atoms with Gasteiger partial charge >= 0.3 is 0 Å². The molecule has 1 atom stereocenters. The molecule has 5 heteroatoms. The predicted molar refractivity (Wildman–Crippen MR) is 90.3 cm³/mol. The molecule has 2 aliphatic rings. The molecule has 128 valence electrons. The summed E-state index contributed by atoms with van der Waals surface area (Å²) in [7, 11) is 3.69. The molecule has 0 bridgehead atoms. The summed E-state index contributed by atoms with van der Waals surface area (Å²) in [5.41, 5.74) is -0.106. The van der Waals surface area contributed by atoms with Crippen LogP contribution in [0.5, 0.6) is 0 Å². The molecule has 5 nitrogen and oxygen atoms in total. The number of guanidine groups is 1. The van der Waals surface area contributed by atoms with Crippen molar-refractivity contribution in [3.63, 3.8) is 0 Å². The Morgan fingerprint density at radius 1 is 1.41 bits per heavy atom. The van der Waals surface area contributed by atoms with E-state index in [9.17, 15) is 0 Å². The molecule has 0 aromatic heterocycles. The Labute approximate surface area is 135 Å². The first-order chi connectivity index (χ1) is 10.6. The quantitative estimate of drug-likeness (QED) is 0.624. The zero-order valence-electron chi connectivity index (χ0n) is 14.7. The van der Waals surface area contributed by atoms with Gasteiger partial charge in [-0.3, -0.25) is 4.99 Å². The van der Waals surface area contributed by atoms with Gasteiger partial charge in [0.15, 0.2) is 5.96 Å². The highest BCUT2D eigenvalue weighted by Crippen LogP contribution is 2.25. The maximum Gasteiger partial charge on any atom is 0.193 e. The highest BCUT2D eigenvalue weighted by Gasteiger charge is 2.33. The van der Waals surface area contributed by atoms with E-state index in [2.05, 4.69) is 29.1 Å². The van der Waals surface area contributed by atoms with Crippen LogP contribution in [-0.2, 0) is 9.47 Å². The molecular weight excluding hydrogens is 278 g/mol. The van der Waals surface area contributed by atoms with Crippen molar-refractivity contribution < 1.29 is 9.47 Å². The van der Waals surface area contributed by atoms with E-state index in [0.717, 1.165) is 63.5 Å². The Balaban J connectivity index is 1.85. The number of aliphatic imine (C=N–C) groups is 1. The lowest BCUT2D eigenvalue weighted by Gasteiger charge is -2.37. The summed E-state index contributed by atoms with van der Waals surface area (Å²) in [6.07, 6.45) is 4.49. The molecule has 0 amide bonds. The molecule has 1 N–H and O–H groups in total. The van der Waals surface area contributed by atoms with Crippen LogP contribution in [0.15, 0.2) is 4.99 Å². The van der Waals surface area contributed by atoms with Crippen molar-refractivity contribution in [1.82, 2.24) is 10.2 Å². The van der Waals surface area contributed by atoms with E-state index in [1.165, 1.54) is 12.8 Å². The minimum Gasteiger partial charge on any atom is -0.381 e. The first kappa shape index (κ1) is 17.5. The van der Waals surface area contributed by atoms with Crippen molar-refractivity contribution >= 4 is 5.96 Å². The summed E-state index contributed by atoms with van der Waals surface area (Å²) in [5, 5.41) is 3.54. The van der Waals surface area contributed by atoms with Gasteiger partial charge in [0.05, 0.1) is 5.60 Å². The zero-order valence-corrected chi connectivity index (χ0v) is 14.7. The largest absolute Gasteiger partial charge is 0.381 e. The van der Waals surface area contributed by atoms with Gasteiger partial charge in [0.25, 0.3) is 0 Å². The number of nitrogens with one attached hydrogen (secondary N) is 1. The first-order valence-corrected chi connectivity index (χ1v) is 8.67. The van der Waals surface area contributed by atoms with Gasteiger partial charge in [-0.25, -0.2) is 0 Å². The van der Waals surface area contributed by atoms with E-state index in [1.54, 1.807) is 0 Å². The highest BCUT2D eigenvalue weighted by atomic mass is 16.5. The van der Waals surface area contributed by atoms with E-state index in [0.29, 0.717) is 0 Å². The lowest BCUT2D eigenvalue weighted by Crippen LogP contribution is -2.51. The van der Waals surface area contributed by atoms with Gasteiger partial charge < -0.3 is 19.7 Å². The summed E-state index contributed by atoms with van der Waals surface area (Å²) in [5.74, 6) is 2.60. The van der Waals surface area contributed by atoms with E-state index >= 15 is 0 Å². The van der Waals surface area contributed by atoms with Crippen LogP contribution in [-0.4, -0.2) is 63.5 Å². The van der Waals surface area contributed by atoms with Gasteiger partial charge in [0, 0.05) is 59.8 Å². The fraction of sp³-hybridized carbons (Fsp3) is 0.941. The third-order valence-electron chi connectivity index (χ3n) is 5.01. The topological polar surface area (TPSA) is 46.1 Å². The molecule has 2 heterocycles. The predicted octanol–water partition coefficient (Wildman–Crippen LogP) is 2.13. The Bertz CT molecular complexity index is 365. The number of rotatable bonds is 5. The summed E-state index contributed by atoms with van der Waals surface area (Å²) < 4.78 is 11.3. The molecule has 1 unspecified atom stereocenters. The summed E-state index contributed by atoms with van der Waals surface area (Å²) in [6, 6.07) is 0. The van der Waals surface area contributed by atoms with Crippen molar-refractivity contribution in [2.24, 2.45) is 16.8 Å². The van der Waals surface area contributed by atoms with Crippen LogP contribution in [0.25, 0.3) is 0 Å². The molecule has 0 aliphatic carbocycles. The summed E-state index contributed by atoms with van der Waals surface area (Å²) >= 11 is 0. The Morgan fingerprint density at radius 3 is 2.73 bits per heavy atom. The fourth-order valence-electron chi connectivity index (χ4n) is 3.65. The maximum absolute atomic E-state index is 5.79. The van der Waals surface area contributed by atoms with Crippen molar-refractivity contribution in [3.8, 4) is 0 Å². The molecule has 0 radical (unpaired) electrons. The highest BCUT2D eigenvalue weighted by molar-refractivity contribution is 5.80. The van der Waals surface area contributed by atoms with Crippen LogP contribution < -0.4 is 5.32 Å². The van der Waals surface area contributed by atoms with E-state index in [-0.39, 0.29) is 5.60 Å². The fourth-order valence-corrected chi connectivity index (χ4v) is 3.65. The molecule has 0 saturated carbocycles. The summed E-state index contributed by atoms with van der Waals surface area (Å²) in [6.45, 7) is 9.24. The monoisotopic (exact) mass is 311 g/mol. The number of methoxy groups -OCH3 is 1. The molecule has 0 spiro atoms. The van der Waals surface area contributed by atoms with Crippen LogP contribution in [0.3, 0.4) is 0 Å². The Morgan fingerprint density at radius 2 is 2.14 bits per heavy atom. The molecule has 0 aromatic rings. The standard InChI is InChI=1S/C17H33N3O2/c1-14(2)11-15-5-8-20(12-15)16(18-3)19-13-17(21-4)6-9-22-10-7-17/h14-15H,5-13H2,1-4H3,(H,18,19). The number of hydrogen-bond donors (Lipinski definition) is 1. The Kier molecular flexibility index (Phi) is 6.50. The number of likely N-dealkylation sites (tertiary alicyclic amines) is 1. The molecule has 22 heavy (non-hydrogen) atoms. The average Bonchev–Trinajstić information content (AvgIpc) is 2.96. The number of ether oxygens (including phenoxy) is 2. The van der Waals surface area contributed by atoms with Crippen LogP contribution in [0.2, 0.25) is 0 Å². The van der Waals surface area contributed by atoms with Crippen LogP contribution in [0.1, 0.15) is 39.5 Å². The summed E-state index contributed by atoms with van der Waals surface area (Å²) in [4.78, 5) is 6.88. The molecule has 2 fully saturated rings. The van der Waals surface area contributed by atoms with Crippen LogP contribution in [0, 0.1) is 11.8 Å². The van der Waals surface area contributed by atoms with Gasteiger partial charge in [-0.2, -0.15) is 0 Å². The maximum atomic E-state index is 5.79. The van der Waals surface area contributed by atoms with Crippen molar-refractivity contribution in [2.45, 2.75) is 45.1 Å². The van der Waals surface area contributed by atoms with E-state index in [4.69, 9.17) is 9.47 Å². The number of hydrogen-bond acceptors (Lipinski definition) is 3. The molecule has 0 aromatic carbocycles. The van der Waals surface area contributed by atoms with E-state index in [1.807, 2.05) is 14.2 Å². The SMILES string of the molecule is CN=C(NCC1(OC)CCOCC1)N1CCC(CC(C)C)C1. The molecular formula is C17H33N3O2. The van der Waals surface area contributed by atoms with Crippen LogP contribution >= 0.6 is 0 Å². The lowest BCUT2D eigenvalue weighted by molar-refractivity contribution is -0.0857. The van der Waals surface area contributed by atoms with Gasteiger partial charge in [-0.05, 0) is 24.7 Å². The second-order valence-electron chi connectivity index (χ2n) is 7.13. The molecule has 2 saturated heterocycles. The normalized spacial score (nSPS) is 25.8. The third-order valence-corrected chi connectivity index (χ3v) is 5.01. The lowest BCUT2D eigenvalue weighted by atomic mass is 9.94. The number of nitrogens with zero attached hydrogens (tertiary/aromatic N) is 2. The van der Waals surface area contributed by atoms with Crippen molar-refractivity contribution in [2.75, 3.05) is 47.0 Å². The van der Waals surface area contributed by atoms with Gasteiger partial charge in [0.1, 0.15) is 0 Å². The van der Waals surface area contributed by atoms with Gasteiger partial charge in [-0.15, -0.1) is 0 Å². The van der Waals surface area contributed by atoms with Gasteiger partial charge in [-0.1, -0.05) is 13.8 Å². The Hall–Kier alpha value is -0.810. The van der Waals surface area contributed by atoms with Gasteiger partial charge in [0.2, 0.25) is 0 Å². The minimum atomic E-state index is -0.106. The molecule has 2 rings (SSSR count). The second-order valence-corrected chi connectivity index (χ2v) is 7.13. The smallest absolute Gasteiger partial charge is 0.193 e. The first-order valence-electron chi connectivity index (χ1n) is 8.67. The van der Waals surface area contributed by atoms with Crippen molar-refractivity contribution in [1.29, 1.82) is 0 Å². The minimum absolute atomic E-state index is 0.106. The molecule has 2 aliphatic heterocycles. The third kappa shape index (κ3) is 4.59. The average molecular weight is 311 g/mol. The van der Waals surface area contributed by atoms with Crippen LogP contribution in [0.4, 0.5) is 0 Å². The zero-order chi connectivity index (χ0) is 16.0. The van der Waals surface area contributed by atoms with E-state index < -0.39 is 0 Å².